The molecule has 0 unspecified atom stereocenters. The normalized spacial score (nSPS) is 11.8. The number of rotatable bonds is 1. The SMILES string of the molecule is CN=C(C)c1ccc(Cl)cc1N. The average molecular weight is 183 g/mol. The molecule has 12 heavy (non-hydrogen) atoms. The van der Waals surface area contributed by atoms with Gasteiger partial charge < -0.3 is 5.73 Å². The van der Waals surface area contributed by atoms with Crippen LogP contribution in [0.1, 0.15) is 12.5 Å². The van der Waals surface area contributed by atoms with E-state index in [0.717, 1.165) is 11.3 Å². The molecule has 0 amide bonds. The Bertz CT molecular complexity index is 318. The van der Waals surface area contributed by atoms with Gasteiger partial charge in [0.15, 0.2) is 0 Å². The number of nitrogens with two attached hydrogens (primary N) is 1. The average Bonchev–Trinajstić information content (AvgIpc) is 2.03. The highest BCUT2D eigenvalue weighted by Crippen LogP contribution is 2.18. The van der Waals surface area contributed by atoms with Gasteiger partial charge in [-0.15, -0.1) is 0 Å². The molecule has 0 saturated heterocycles. The zero-order valence-electron chi connectivity index (χ0n) is 7.13. The summed E-state index contributed by atoms with van der Waals surface area (Å²) in [6, 6.07) is 5.41. The van der Waals surface area contributed by atoms with Crippen LogP contribution in [-0.2, 0) is 0 Å². The van der Waals surface area contributed by atoms with Crippen LogP contribution in [0.2, 0.25) is 5.02 Å². The van der Waals surface area contributed by atoms with E-state index in [1.807, 2.05) is 19.1 Å². The molecule has 0 heterocycles. The molecule has 0 spiro atoms. The fourth-order valence-electron chi connectivity index (χ4n) is 0.984. The first-order valence-corrected chi connectivity index (χ1v) is 4.01. The molecule has 1 aromatic carbocycles. The maximum Gasteiger partial charge on any atom is 0.0426 e. The minimum absolute atomic E-state index is 0.653. The molecule has 2 nitrogen and oxygen atoms in total. The third-order valence-electron chi connectivity index (χ3n) is 1.74. The molecule has 1 aromatic rings. The summed E-state index contributed by atoms with van der Waals surface area (Å²) in [5, 5.41) is 0.653. The van der Waals surface area contributed by atoms with Crippen LogP contribution < -0.4 is 5.73 Å². The summed E-state index contributed by atoms with van der Waals surface area (Å²) in [7, 11) is 1.74. The van der Waals surface area contributed by atoms with Crippen molar-refractivity contribution in [3.63, 3.8) is 0 Å². The maximum atomic E-state index is 5.74. The standard InChI is InChI=1S/C9H11ClN2/c1-6(12-2)8-4-3-7(10)5-9(8)11/h3-5H,11H2,1-2H3. The molecule has 0 aromatic heterocycles. The lowest BCUT2D eigenvalue weighted by Gasteiger charge is -2.03. The summed E-state index contributed by atoms with van der Waals surface area (Å²) < 4.78 is 0. The van der Waals surface area contributed by atoms with Gasteiger partial charge in [0, 0.05) is 29.0 Å². The number of nitrogens with zero attached hydrogens (tertiary/aromatic N) is 1. The van der Waals surface area contributed by atoms with Crippen LogP contribution in [0.3, 0.4) is 0 Å². The van der Waals surface area contributed by atoms with Crippen molar-refractivity contribution in [3.05, 3.63) is 28.8 Å². The van der Waals surface area contributed by atoms with E-state index in [2.05, 4.69) is 4.99 Å². The van der Waals surface area contributed by atoms with Gasteiger partial charge in [-0.25, -0.2) is 0 Å². The maximum absolute atomic E-state index is 5.74. The van der Waals surface area contributed by atoms with Gasteiger partial charge in [-0.1, -0.05) is 11.6 Å². The number of benzene rings is 1. The molecule has 1 rings (SSSR count). The van der Waals surface area contributed by atoms with E-state index in [9.17, 15) is 0 Å². The van der Waals surface area contributed by atoms with Crippen molar-refractivity contribution >= 4 is 23.0 Å². The lowest BCUT2D eigenvalue weighted by molar-refractivity contribution is 1.41. The zero-order chi connectivity index (χ0) is 9.14. The lowest BCUT2D eigenvalue weighted by atomic mass is 10.1. The molecule has 0 bridgehead atoms. The highest BCUT2D eigenvalue weighted by molar-refractivity contribution is 6.31. The molecule has 0 aliphatic carbocycles. The Balaban J connectivity index is 3.18. The zero-order valence-corrected chi connectivity index (χ0v) is 7.89. The Morgan fingerprint density at radius 1 is 1.50 bits per heavy atom. The van der Waals surface area contributed by atoms with Crippen molar-refractivity contribution in [1.82, 2.24) is 0 Å². The molecule has 0 fully saturated rings. The molecule has 0 radical (unpaired) electrons. The summed E-state index contributed by atoms with van der Waals surface area (Å²) in [5.41, 5.74) is 8.27. The predicted molar refractivity (Wildman–Crippen MR) is 54.0 cm³/mol. The number of nitrogen functional groups attached to an aromatic ring is 1. The smallest absolute Gasteiger partial charge is 0.0426 e. The Hall–Kier alpha value is -1.02. The van der Waals surface area contributed by atoms with Crippen molar-refractivity contribution in [2.24, 2.45) is 4.99 Å². The lowest BCUT2D eigenvalue weighted by Crippen LogP contribution is -2.00. The van der Waals surface area contributed by atoms with Crippen LogP contribution in [0.25, 0.3) is 0 Å². The largest absolute Gasteiger partial charge is 0.398 e. The Morgan fingerprint density at radius 3 is 2.67 bits per heavy atom. The van der Waals surface area contributed by atoms with Gasteiger partial charge in [0.1, 0.15) is 0 Å². The van der Waals surface area contributed by atoms with Crippen LogP contribution in [0.5, 0.6) is 0 Å². The first-order valence-electron chi connectivity index (χ1n) is 3.64. The van der Waals surface area contributed by atoms with Gasteiger partial charge in [0.05, 0.1) is 0 Å². The Morgan fingerprint density at radius 2 is 2.17 bits per heavy atom. The second-order valence-electron chi connectivity index (χ2n) is 2.54. The topological polar surface area (TPSA) is 38.4 Å². The van der Waals surface area contributed by atoms with Gasteiger partial charge in [0.25, 0.3) is 0 Å². The summed E-state index contributed by atoms with van der Waals surface area (Å²) >= 11 is 5.74. The highest BCUT2D eigenvalue weighted by Gasteiger charge is 2.01. The molecule has 2 N–H and O–H groups in total. The fraction of sp³-hybridized carbons (Fsp3) is 0.222. The number of aliphatic imine (C=N–C) groups is 1. The van der Waals surface area contributed by atoms with Gasteiger partial charge in [-0.3, -0.25) is 4.99 Å². The summed E-state index contributed by atoms with van der Waals surface area (Å²) in [5.74, 6) is 0. The number of hydrogen-bond acceptors (Lipinski definition) is 2. The molecular formula is C9H11ClN2. The third kappa shape index (κ3) is 1.77. The van der Waals surface area contributed by atoms with Crippen molar-refractivity contribution in [2.45, 2.75) is 6.92 Å². The van der Waals surface area contributed by atoms with E-state index in [1.54, 1.807) is 13.1 Å². The first kappa shape index (κ1) is 9.07. The highest BCUT2D eigenvalue weighted by atomic mass is 35.5. The van der Waals surface area contributed by atoms with Crippen LogP contribution in [0.4, 0.5) is 5.69 Å². The third-order valence-corrected chi connectivity index (χ3v) is 1.97. The van der Waals surface area contributed by atoms with Crippen LogP contribution in [0.15, 0.2) is 23.2 Å². The molecule has 0 aliphatic heterocycles. The summed E-state index contributed by atoms with van der Waals surface area (Å²) in [4.78, 5) is 4.04. The molecule has 64 valence electrons. The van der Waals surface area contributed by atoms with Gasteiger partial charge in [-0.2, -0.15) is 0 Å². The van der Waals surface area contributed by atoms with Crippen LogP contribution in [0, 0.1) is 0 Å². The second-order valence-corrected chi connectivity index (χ2v) is 2.98. The second kappa shape index (κ2) is 3.59. The minimum atomic E-state index is 0.653. The van der Waals surface area contributed by atoms with Crippen LogP contribution >= 0.6 is 11.6 Å². The molecule has 0 atom stereocenters. The number of halogens is 1. The van der Waals surface area contributed by atoms with E-state index in [-0.39, 0.29) is 0 Å². The monoisotopic (exact) mass is 182 g/mol. The van der Waals surface area contributed by atoms with E-state index in [0.29, 0.717) is 10.7 Å². The Labute approximate surface area is 77.1 Å². The van der Waals surface area contributed by atoms with E-state index in [1.165, 1.54) is 0 Å². The number of anilines is 1. The summed E-state index contributed by atoms with van der Waals surface area (Å²) in [6.45, 7) is 1.92. The van der Waals surface area contributed by atoms with Gasteiger partial charge in [-0.05, 0) is 25.1 Å². The van der Waals surface area contributed by atoms with E-state index < -0.39 is 0 Å². The number of hydrogen-bond donors (Lipinski definition) is 1. The van der Waals surface area contributed by atoms with Crippen molar-refractivity contribution in [1.29, 1.82) is 0 Å². The molecular weight excluding hydrogens is 172 g/mol. The van der Waals surface area contributed by atoms with Crippen molar-refractivity contribution < 1.29 is 0 Å². The van der Waals surface area contributed by atoms with E-state index >= 15 is 0 Å². The van der Waals surface area contributed by atoms with E-state index in [4.69, 9.17) is 17.3 Å². The van der Waals surface area contributed by atoms with Gasteiger partial charge in [0.2, 0.25) is 0 Å². The Kier molecular flexibility index (Phi) is 2.71. The molecule has 0 aliphatic rings. The molecule has 3 heteroatoms. The van der Waals surface area contributed by atoms with Crippen LogP contribution in [-0.4, -0.2) is 12.8 Å². The predicted octanol–water partition coefficient (Wildman–Crippen LogP) is 2.36. The summed E-state index contributed by atoms with van der Waals surface area (Å²) in [6.07, 6.45) is 0. The van der Waals surface area contributed by atoms with Crippen molar-refractivity contribution in [2.75, 3.05) is 12.8 Å². The minimum Gasteiger partial charge on any atom is -0.398 e. The van der Waals surface area contributed by atoms with Gasteiger partial charge >= 0.3 is 0 Å². The fourth-order valence-corrected chi connectivity index (χ4v) is 1.16. The first-order chi connectivity index (χ1) is 5.65. The quantitative estimate of drug-likeness (QED) is 0.526. The molecule has 0 saturated carbocycles. The van der Waals surface area contributed by atoms with Crippen molar-refractivity contribution in [3.8, 4) is 0 Å².